The highest BCUT2D eigenvalue weighted by Crippen LogP contribution is 2.21. The van der Waals surface area contributed by atoms with Gasteiger partial charge < -0.3 is 9.73 Å². The molecule has 0 saturated heterocycles. The summed E-state index contributed by atoms with van der Waals surface area (Å²) in [5.41, 5.74) is 4.22. The number of carbonyl (C=O) groups is 1. The summed E-state index contributed by atoms with van der Waals surface area (Å²) in [5.74, 6) is 0.745. The third-order valence-corrected chi connectivity index (χ3v) is 4.40. The van der Waals surface area contributed by atoms with Crippen LogP contribution in [0.5, 0.6) is 0 Å². The Morgan fingerprint density at radius 2 is 1.85 bits per heavy atom. The smallest absolute Gasteiger partial charge is 0.265 e. The molecule has 0 atom stereocenters. The zero-order valence-electron chi connectivity index (χ0n) is 16.4. The zero-order valence-corrected chi connectivity index (χ0v) is 16.4. The summed E-state index contributed by atoms with van der Waals surface area (Å²) in [7, 11) is 0. The number of hydrogen-bond donors (Lipinski definition) is 1. The molecule has 0 aliphatic carbocycles. The van der Waals surface area contributed by atoms with Gasteiger partial charge in [0.05, 0.1) is 22.8 Å². The Hall–Kier alpha value is -2.97. The maximum Gasteiger partial charge on any atom is 0.265 e. The fourth-order valence-electron chi connectivity index (χ4n) is 3.02. The second-order valence-electron chi connectivity index (χ2n) is 6.40. The van der Waals surface area contributed by atoms with E-state index >= 15 is 0 Å². The lowest BCUT2D eigenvalue weighted by atomic mass is 10.2. The van der Waals surface area contributed by atoms with E-state index < -0.39 is 0 Å². The second kappa shape index (κ2) is 7.73. The number of amides is 1. The van der Waals surface area contributed by atoms with Crippen molar-refractivity contribution in [1.29, 1.82) is 0 Å². The van der Waals surface area contributed by atoms with Crippen LogP contribution in [0.3, 0.4) is 0 Å². The topological polar surface area (TPSA) is 104 Å². The fourth-order valence-corrected chi connectivity index (χ4v) is 3.02. The summed E-state index contributed by atoms with van der Waals surface area (Å²) < 4.78 is 9.40. The highest BCUT2D eigenvalue weighted by Gasteiger charge is 2.17. The molecular formula is C18H25N7O2. The van der Waals surface area contributed by atoms with Gasteiger partial charge in [-0.05, 0) is 40.7 Å². The average molecular weight is 371 g/mol. The molecule has 0 aliphatic rings. The molecule has 9 nitrogen and oxygen atoms in total. The van der Waals surface area contributed by atoms with Crippen molar-refractivity contribution in [3.05, 3.63) is 29.0 Å². The van der Waals surface area contributed by atoms with Gasteiger partial charge in [0.1, 0.15) is 5.69 Å². The van der Waals surface area contributed by atoms with Gasteiger partial charge in [0.25, 0.3) is 5.89 Å². The molecule has 0 aliphatic heterocycles. The average Bonchev–Trinajstić information content (AvgIpc) is 3.33. The van der Waals surface area contributed by atoms with Gasteiger partial charge >= 0.3 is 0 Å². The van der Waals surface area contributed by atoms with Crippen LogP contribution in [0.2, 0.25) is 0 Å². The van der Waals surface area contributed by atoms with Gasteiger partial charge in [0, 0.05) is 25.9 Å². The van der Waals surface area contributed by atoms with Crippen LogP contribution in [-0.4, -0.2) is 35.7 Å². The summed E-state index contributed by atoms with van der Waals surface area (Å²) in [6, 6.07) is 1.91. The molecule has 1 amide bonds. The molecule has 3 rings (SSSR count). The van der Waals surface area contributed by atoms with E-state index in [-0.39, 0.29) is 12.3 Å². The fraction of sp³-hybridized carbons (Fsp3) is 0.500. The van der Waals surface area contributed by atoms with E-state index in [0.717, 1.165) is 35.0 Å². The van der Waals surface area contributed by atoms with Crippen molar-refractivity contribution in [1.82, 2.24) is 29.8 Å². The number of hydrogen-bond acceptors (Lipinski definition) is 6. The van der Waals surface area contributed by atoms with Crippen LogP contribution in [0.1, 0.15) is 43.2 Å². The van der Waals surface area contributed by atoms with Gasteiger partial charge in [-0.15, -0.1) is 10.2 Å². The molecule has 0 fully saturated rings. The summed E-state index contributed by atoms with van der Waals surface area (Å²) in [4.78, 5) is 12.3. The Balaban J connectivity index is 1.63. The van der Waals surface area contributed by atoms with Gasteiger partial charge in [-0.3, -0.25) is 14.2 Å². The molecule has 27 heavy (non-hydrogen) atoms. The van der Waals surface area contributed by atoms with Crippen molar-refractivity contribution in [3.8, 4) is 11.6 Å². The third kappa shape index (κ3) is 3.91. The van der Waals surface area contributed by atoms with Crippen LogP contribution in [0.4, 0.5) is 5.69 Å². The van der Waals surface area contributed by atoms with Gasteiger partial charge in [-0.25, -0.2) is 0 Å². The van der Waals surface area contributed by atoms with E-state index in [1.807, 2.05) is 50.0 Å². The van der Waals surface area contributed by atoms with Crippen LogP contribution in [0.25, 0.3) is 11.6 Å². The normalized spacial score (nSPS) is 11.1. The molecule has 0 bridgehead atoms. The minimum atomic E-state index is -0.106. The molecule has 0 unspecified atom stereocenters. The lowest BCUT2D eigenvalue weighted by Crippen LogP contribution is -2.13. The molecule has 3 heterocycles. The number of nitrogens with one attached hydrogen (secondary N) is 1. The van der Waals surface area contributed by atoms with Crippen LogP contribution in [0, 0.1) is 20.8 Å². The van der Waals surface area contributed by atoms with Gasteiger partial charge in [-0.2, -0.15) is 10.2 Å². The highest BCUT2D eigenvalue weighted by atomic mass is 16.4. The molecule has 144 valence electrons. The number of anilines is 1. The molecule has 0 saturated carbocycles. The minimum absolute atomic E-state index is 0.106. The first-order valence-corrected chi connectivity index (χ1v) is 9.14. The van der Waals surface area contributed by atoms with Gasteiger partial charge in [0.2, 0.25) is 11.8 Å². The van der Waals surface area contributed by atoms with E-state index in [1.165, 1.54) is 0 Å². The quantitative estimate of drug-likeness (QED) is 0.685. The molecule has 3 aromatic heterocycles. The number of carbonyl (C=O) groups excluding carboxylic acids is 1. The maximum absolute atomic E-state index is 12.3. The molecule has 0 aromatic carbocycles. The summed E-state index contributed by atoms with van der Waals surface area (Å²) in [5, 5.41) is 19.9. The van der Waals surface area contributed by atoms with Crippen LogP contribution < -0.4 is 5.32 Å². The van der Waals surface area contributed by atoms with E-state index in [2.05, 4.69) is 25.7 Å². The number of aromatic nitrogens is 6. The largest absolute Gasteiger partial charge is 0.419 e. The maximum atomic E-state index is 12.3. The molecule has 0 radical (unpaired) electrons. The van der Waals surface area contributed by atoms with Crippen molar-refractivity contribution in [2.45, 2.75) is 60.5 Å². The van der Waals surface area contributed by atoms with Gasteiger partial charge in [-0.1, -0.05) is 0 Å². The van der Waals surface area contributed by atoms with Crippen molar-refractivity contribution in [2.24, 2.45) is 0 Å². The predicted octanol–water partition coefficient (Wildman–Crippen LogP) is 2.67. The Morgan fingerprint density at radius 3 is 2.52 bits per heavy atom. The predicted molar refractivity (Wildman–Crippen MR) is 100 cm³/mol. The summed E-state index contributed by atoms with van der Waals surface area (Å²) in [6.45, 7) is 11.3. The minimum Gasteiger partial charge on any atom is -0.419 e. The van der Waals surface area contributed by atoms with E-state index in [9.17, 15) is 4.79 Å². The number of nitrogens with zero attached hydrogens (tertiary/aromatic N) is 6. The molecule has 1 N–H and O–H groups in total. The van der Waals surface area contributed by atoms with Crippen LogP contribution in [0.15, 0.2) is 10.5 Å². The van der Waals surface area contributed by atoms with E-state index in [4.69, 9.17) is 4.42 Å². The Labute approximate surface area is 157 Å². The summed E-state index contributed by atoms with van der Waals surface area (Å²) in [6.07, 6.45) is 0.627. The third-order valence-electron chi connectivity index (χ3n) is 4.40. The van der Waals surface area contributed by atoms with Gasteiger partial charge in [0.15, 0.2) is 0 Å². The van der Waals surface area contributed by atoms with Crippen molar-refractivity contribution < 1.29 is 9.21 Å². The number of rotatable bonds is 7. The SMILES string of the molecule is CCn1nc(C)cc1-c1nnc(CCC(=O)Nc2c(C)nn(CC)c2C)o1. The lowest BCUT2D eigenvalue weighted by Gasteiger charge is -2.05. The second-order valence-corrected chi connectivity index (χ2v) is 6.40. The van der Waals surface area contributed by atoms with E-state index in [1.54, 1.807) is 0 Å². The van der Waals surface area contributed by atoms with Crippen molar-refractivity contribution >= 4 is 11.6 Å². The van der Waals surface area contributed by atoms with Crippen LogP contribution in [-0.2, 0) is 24.3 Å². The van der Waals surface area contributed by atoms with Crippen LogP contribution >= 0.6 is 0 Å². The standard InChI is InChI=1S/C18H25N7O2/c1-6-24-13(5)17(12(4)23-24)19-15(26)8-9-16-20-21-18(27-16)14-10-11(3)22-25(14)7-2/h10H,6-9H2,1-5H3,(H,19,26). The molecule has 9 heteroatoms. The monoisotopic (exact) mass is 371 g/mol. The van der Waals surface area contributed by atoms with E-state index in [0.29, 0.717) is 24.7 Å². The Kier molecular flexibility index (Phi) is 5.38. The number of aryl methyl sites for hydroxylation is 5. The molecular weight excluding hydrogens is 346 g/mol. The first kappa shape index (κ1) is 18.8. The lowest BCUT2D eigenvalue weighted by molar-refractivity contribution is -0.116. The van der Waals surface area contributed by atoms with Crippen molar-refractivity contribution in [3.63, 3.8) is 0 Å². The summed E-state index contributed by atoms with van der Waals surface area (Å²) >= 11 is 0. The molecule has 0 spiro atoms. The highest BCUT2D eigenvalue weighted by molar-refractivity contribution is 5.91. The first-order chi connectivity index (χ1) is 12.9. The van der Waals surface area contributed by atoms with Crippen molar-refractivity contribution in [2.75, 3.05) is 5.32 Å². The Morgan fingerprint density at radius 1 is 1.11 bits per heavy atom. The first-order valence-electron chi connectivity index (χ1n) is 9.14. The molecule has 3 aromatic rings. The zero-order chi connectivity index (χ0) is 19.6. The Bertz CT molecular complexity index is 951.